The number of piperazine rings is 1. The maximum atomic E-state index is 13.4. The smallest absolute Gasteiger partial charge is 0.259 e. The van der Waals surface area contributed by atoms with Gasteiger partial charge in [0.2, 0.25) is 0 Å². The third-order valence-corrected chi connectivity index (χ3v) is 5.93. The largest absolute Gasteiger partial charge is 0.383 e. The molecule has 0 spiro atoms. The van der Waals surface area contributed by atoms with E-state index in [4.69, 9.17) is 5.73 Å². The van der Waals surface area contributed by atoms with Crippen LogP contribution in [0.4, 0.5) is 5.82 Å². The van der Waals surface area contributed by atoms with Gasteiger partial charge in [-0.05, 0) is 31.5 Å². The lowest BCUT2D eigenvalue weighted by Gasteiger charge is -2.39. The highest BCUT2D eigenvalue weighted by Gasteiger charge is 2.31. The quantitative estimate of drug-likeness (QED) is 0.711. The SMILES string of the molecule is Cc1nn(Cc2ccccc2)c(N)c1C(=O)N1CCN(C)C(Cc2ccccc2)C1. The van der Waals surface area contributed by atoms with Crippen LogP contribution in [-0.4, -0.2) is 58.2 Å². The molecule has 1 amide bonds. The first-order valence-corrected chi connectivity index (χ1v) is 10.4. The van der Waals surface area contributed by atoms with Gasteiger partial charge in [0, 0.05) is 25.7 Å². The summed E-state index contributed by atoms with van der Waals surface area (Å²) in [7, 11) is 2.13. The number of aryl methyl sites for hydroxylation is 1. The molecule has 0 aliphatic carbocycles. The summed E-state index contributed by atoms with van der Waals surface area (Å²) in [6.07, 6.45) is 0.919. The number of benzene rings is 2. The minimum absolute atomic E-state index is 0.0181. The zero-order valence-electron chi connectivity index (χ0n) is 17.7. The number of anilines is 1. The van der Waals surface area contributed by atoms with Crippen LogP contribution in [0.2, 0.25) is 0 Å². The van der Waals surface area contributed by atoms with Crippen LogP contribution in [0, 0.1) is 6.92 Å². The van der Waals surface area contributed by atoms with Crippen LogP contribution in [0.25, 0.3) is 0 Å². The molecule has 156 valence electrons. The Labute approximate surface area is 177 Å². The molecule has 6 nitrogen and oxygen atoms in total. The van der Waals surface area contributed by atoms with Crippen molar-refractivity contribution < 1.29 is 4.79 Å². The van der Waals surface area contributed by atoms with Crippen molar-refractivity contribution in [3.8, 4) is 0 Å². The Morgan fingerprint density at radius 2 is 1.67 bits per heavy atom. The molecule has 1 aromatic heterocycles. The number of carbonyl (C=O) groups is 1. The van der Waals surface area contributed by atoms with Crippen LogP contribution in [0.3, 0.4) is 0 Å². The summed E-state index contributed by atoms with van der Waals surface area (Å²) in [5.74, 6) is 0.426. The van der Waals surface area contributed by atoms with E-state index in [1.165, 1.54) is 5.56 Å². The van der Waals surface area contributed by atoms with Crippen LogP contribution < -0.4 is 5.73 Å². The molecule has 6 heteroatoms. The monoisotopic (exact) mass is 403 g/mol. The number of nitrogen functional groups attached to an aromatic ring is 1. The van der Waals surface area contributed by atoms with Crippen molar-refractivity contribution in [2.24, 2.45) is 0 Å². The van der Waals surface area contributed by atoms with Crippen molar-refractivity contribution in [2.75, 3.05) is 32.4 Å². The summed E-state index contributed by atoms with van der Waals surface area (Å²) < 4.78 is 1.73. The minimum Gasteiger partial charge on any atom is -0.383 e. The van der Waals surface area contributed by atoms with Crippen LogP contribution in [0.1, 0.15) is 27.2 Å². The number of rotatable bonds is 5. The summed E-state index contributed by atoms with van der Waals surface area (Å²) >= 11 is 0. The number of hydrogen-bond acceptors (Lipinski definition) is 4. The number of amides is 1. The Hall–Kier alpha value is -3.12. The van der Waals surface area contributed by atoms with Gasteiger partial charge in [0.15, 0.2) is 0 Å². The van der Waals surface area contributed by atoms with E-state index < -0.39 is 0 Å². The Bertz CT molecular complexity index is 999. The van der Waals surface area contributed by atoms with Crippen LogP contribution in [0.15, 0.2) is 60.7 Å². The van der Waals surface area contributed by atoms with E-state index in [2.05, 4.69) is 41.3 Å². The van der Waals surface area contributed by atoms with E-state index in [-0.39, 0.29) is 11.9 Å². The van der Waals surface area contributed by atoms with Crippen molar-refractivity contribution in [2.45, 2.75) is 25.9 Å². The van der Waals surface area contributed by atoms with E-state index in [0.717, 1.165) is 18.5 Å². The van der Waals surface area contributed by atoms with Gasteiger partial charge in [-0.2, -0.15) is 5.10 Å². The van der Waals surface area contributed by atoms with Crippen molar-refractivity contribution in [3.05, 3.63) is 83.0 Å². The van der Waals surface area contributed by atoms with E-state index in [9.17, 15) is 4.79 Å². The fraction of sp³-hybridized carbons (Fsp3) is 0.333. The van der Waals surface area contributed by atoms with Gasteiger partial charge < -0.3 is 10.6 Å². The van der Waals surface area contributed by atoms with Crippen molar-refractivity contribution in [3.63, 3.8) is 0 Å². The summed E-state index contributed by atoms with van der Waals surface area (Å²) in [4.78, 5) is 17.7. The number of likely N-dealkylation sites (N-methyl/N-ethyl adjacent to an activating group) is 1. The lowest BCUT2D eigenvalue weighted by Crippen LogP contribution is -2.54. The molecule has 1 fully saturated rings. The second kappa shape index (κ2) is 8.71. The van der Waals surface area contributed by atoms with Crippen molar-refractivity contribution in [1.29, 1.82) is 0 Å². The van der Waals surface area contributed by atoms with Crippen molar-refractivity contribution in [1.82, 2.24) is 19.6 Å². The first-order chi connectivity index (χ1) is 14.5. The zero-order valence-corrected chi connectivity index (χ0v) is 17.7. The van der Waals surface area contributed by atoms with E-state index in [1.807, 2.05) is 48.2 Å². The van der Waals surface area contributed by atoms with Crippen LogP contribution in [0.5, 0.6) is 0 Å². The van der Waals surface area contributed by atoms with Crippen LogP contribution in [-0.2, 0) is 13.0 Å². The Morgan fingerprint density at radius 3 is 2.33 bits per heavy atom. The minimum atomic E-state index is -0.0181. The molecule has 1 unspecified atom stereocenters. The molecule has 0 saturated carbocycles. The van der Waals surface area contributed by atoms with Gasteiger partial charge in [-0.25, -0.2) is 4.68 Å². The molecule has 1 aliphatic heterocycles. The predicted molar refractivity (Wildman–Crippen MR) is 119 cm³/mol. The molecule has 2 heterocycles. The Kier molecular flexibility index (Phi) is 5.86. The van der Waals surface area contributed by atoms with Gasteiger partial charge in [-0.3, -0.25) is 9.69 Å². The Balaban J connectivity index is 1.51. The molecular formula is C24H29N5O. The van der Waals surface area contributed by atoms with E-state index in [1.54, 1.807) is 4.68 Å². The first-order valence-electron chi connectivity index (χ1n) is 10.4. The second-order valence-corrected chi connectivity index (χ2v) is 8.06. The number of hydrogen-bond donors (Lipinski definition) is 1. The summed E-state index contributed by atoms with van der Waals surface area (Å²) in [6, 6.07) is 20.8. The summed E-state index contributed by atoms with van der Waals surface area (Å²) in [5.41, 5.74) is 10.0. The van der Waals surface area contributed by atoms with Crippen molar-refractivity contribution >= 4 is 11.7 Å². The summed E-state index contributed by atoms with van der Waals surface area (Å²) in [5, 5.41) is 4.56. The zero-order chi connectivity index (χ0) is 21.1. The number of carbonyl (C=O) groups excluding carboxylic acids is 1. The van der Waals surface area contributed by atoms with E-state index >= 15 is 0 Å². The average Bonchev–Trinajstić information content (AvgIpc) is 3.03. The highest BCUT2D eigenvalue weighted by atomic mass is 16.2. The first kappa shape index (κ1) is 20.2. The maximum absolute atomic E-state index is 13.4. The van der Waals surface area contributed by atoms with Gasteiger partial charge in [-0.1, -0.05) is 60.7 Å². The summed E-state index contributed by atoms with van der Waals surface area (Å²) in [6.45, 7) is 4.65. The number of aromatic nitrogens is 2. The Morgan fingerprint density at radius 1 is 1.03 bits per heavy atom. The molecule has 1 aliphatic rings. The normalized spacial score (nSPS) is 17.3. The number of nitrogens with two attached hydrogens (primary N) is 1. The molecule has 0 bridgehead atoms. The molecular weight excluding hydrogens is 374 g/mol. The lowest BCUT2D eigenvalue weighted by molar-refractivity contribution is 0.0548. The second-order valence-electron chi connectivity index (χ2n) is 8.06. The van der Waals surface area contributed by atoms with Gasteiger partial charge in [0.1, 0.15) is 11.4 Å². The molecule has 4 rings (SSSR count). The van der Waals surface area contributed by atoms with Gasteiger partial charge >= 0.3 is 0 Å². The third kappa shape index (κ3) is 4.24. The molecule has 30 heavy (non-hydrogen) atoms. The predicted octanol–water partition coefficient (Wildman–Crippen LogP) is 2.82. The fourth-order valence-corrected chi connectivity index (χ4v) is 4.14. The maximum Gasteiger partial charge on any atom is 0.259 e. The standard InChI is InChI=1S/C24H29N5O/c1-18-22(23(25)29(26-18)16-20-11-7-4-8-12-20)24(30)28-14-13-27(2)21(17-28)15-19-9-5-3-6-10-19/h3-12,21H,13-17,25H2,1-2H3. The third-order valence-electron chi connectivity index (χ3n) is 5.93. The fourth-order valence-electron chi connectivity index (χ4n) is 4.14. The highest BCUT2D eigenvalue weighted by molar-refractivity contribution is 5.99. The molecule has 1 atom stereocenters. The number of nitrogens with zero attached hydrogens (tertiary/aromatic N) is 4. The van der Waals surface area contributed by atoms with Crippen LogP contribution >= 0.6 is 0 Å². The molecule has 3 aromatic rings. The van der Waals surface area contributed by atoms with Gasteiger partial charge in [-0.15, -0.1) is 0 Å². The van der Waals surface area contributed by atoms with E-state index in [0.29, 0.717) is 36.7 Å². The topological polar surface area (TPSA) is 67.4 Å². The lowest BCUT2D eigenvalue weighted by atomic mass is 10.0. The highest BCUT2D eigenvalue weighted by Crippen LogP contribution is 2.22. The molecule has 0 radical (unpaired) electrons. The van der Waals surface area contributed by atoms with Gasteiger partial charge in [0.25, 0.3) is 5.91 Å². The molecule has 2 N–H and O–H groups in total. The molecule has 2 aromatic carbocycles. The van der Waals surface area contributed by atoms with Gasteiger partial charge in [0.05, 0.1) is 12.2 Å². The average molecular weight is 404 g/mol. The molecule has 1 saturated heterocycles.